The normalized spacial score (nSPS) is 23.2. The van der Waals surface area contributed by atoms with Crippen molar-refractivity contribution in [3.8, 4) is 0 Å². The number of ether oxygens (including phenoxy) is 1. The number of benzene rings is 1. The van der Waals surface area contributed by atoms with Crippen molar-refractivity contribution < 1.29 is 9.53 Å². The van der Waals surface area contributed by atoms with Gasteiger partial charge in [-0.2, -0.15) is 5.10 Å². The van der Waals surface area contributed by atoms with E-state index in [2.05, 4.69) is 5.10 Å². The molecule has 0 aliphatic carbocycles. The van der Waals surface area contributed by atoms with Crippen LogP contribution in [-0.2, 0) is 11.8 Å². The molecule has 5 nitrogen and oxygen atoms in total. The highest BCUT2D eigenvalue weighted by molar-refractivity contribution is 8.01. The maximum absolute atomic E-state index is 12.8. The molecule has 0 radical (unpaired) electrons. The van der Waals surface area contributed by atoms with Gasteiger partial charge in [-0.1, -0.05) is 18.2 Å². The number of nitrogens with zero attached hydrogens (tertiary/aromatic N) is 3. The Kier molecular flexibility index (Phi) is 3.20. The summed E-state index contributed by atoms with van der Waals surface area (Å²) in [6.45, 7) is 1.61. The molecule has 2 aromatic rings. The maximum atomic E-state index is 12.8. The van der Waals surface area contributed by atoms with Crippen LogP contribution in [0.1, 0.15) is 16.9 Å². The van der Waals surface area contributed by atoms with E-state index >= 15 is 0 Å². The van der Waals surface area contributed by atoms with Crippen LogP contribution in [0, 0.1) is 0 Å². The second-order valence-corrected chi connectivity index (χ2v) is 7.69. The highest BCUT2D eigenvalue weighted by Gasteiger charge is 2.51. The number of amides is 1. The van der Waals surface area contributed by atoms with E-state index in [1.54, 1.807) is 11.8 Å². The van der Waals surface area contributed by atoms with Crippen LogP contribution in [0.4, 0.5) is 0 Å². The van der Waals surface area contributed by atoms with Gasteiger partial charge in [-0.15, -0.1) is 11.8 Å². The van der Waals surface area contributed by atoms with Gasteiger partial charge in [0.1, 0.15) is 0 Å². The summed E-state index contributed by atoms with van der Waals surface area (Å²) in [6.07, 6.45) is 1.37. The van der Waals surface area contributed by atoms with Crippen LogP contribution in [0.25, 0.3) is 10.9 Å². The standard InChI is InChI=1S/C16H19N3O2S/c1-18-13-6-4-3-5-12(13)14(17-18)15(20)19-9-16(10-19)7-11(21-2)8-22-16/h3-6,11H,7-10H2,1-2H3/t11-/m1/s1. The molecule has 3 heterocycles. The minimum absolute atomic E-state index is 0.0453. The number of thioether (sulfide) groups is 1. The molecule has 0 saturated carbocycles. The Morgan fingerprint density at radius 1 is 1.41 bits per heavy atom. The van der Waals surface area contributed by atoms with E-state index in [9.17, 15) is 4.79 Å². The molecule has 2 aliphatic rings. The average molecular weight is 317 g/mol. The van der Waals surface area contributed by atoms with E-state index in [1.807, 2.05) is 48.0 Å². The van der Waals surface area contributed by atoms with Crippen molar-refractivity contribution in [1.82, 2.24) is 14.7 Å². The van der Waals surface area contributed by atoms with Crippen molar-refractivity contribution in [3.63, 3.8) is 0 Å². The number of methoxy groups -OCH3 is 1. The highest BCUT2D eigenvalue weighted by atomic mass is 32.2. The van der Waals surface area contributed by atoms with Gasteiger partial charge in [-0.3, -0.25) is 9.48 Å². The molecule has 2 fully saturated rings. The quantitative estimate of drug-likeness (QED) is 0.849. The van der Waals surface area contributed by atoms with E-state index < -0.39 is 0 Å². The molecule has 0 N–H and O–H groups in total. The van der Waals surface area contributed by atoms with Gasteiger partial charge in [-0.05, 0) is 12.5 Å². The Hall–Kier alpha value is -1.53. The first kappa shape index (κ1) is 14.1. The Morgan fingerprint density at radius 3 is 2.91 bits per heavy atom. The molecule has 1 spiro atoms. The fourth-order valence-corrected chi connectivity index (χ4v) is 5.08. The molecule has 0 bridgehead atoms. The Labute approximate surface area is 133 Å². The molecule has 0 unspecified atom stereocenters. The van der Waals surface area contributed by atoms with Gasteiger partial charge in [-0.25, -0.2) is 0 Å². The molecule has 1 aromatic heterocycles. The van der Waals surface area contributed by atoms with E-state index in [4.69, 9.17) is 4.74 Å². The summed E-state index contributed by atoms with van der Waals surface area (Å²) in [4.78, 5) is 14.7. The summed E-state index contributed by atoms with van der Waals surface area (Å²) in [5, 5.41) is 5.37. The number of fused-ring (bicyclic) bond motifs is 1. The van der Waals surface area contributed by atoms with E-state index in [-0.39, 0.29) is 10.7 Å². The number of likely N-dealkylation sites (tertiary alicyclic amines) is 1. The molecule has 4 rings (SSSR count). The molecule has 6 heteroatoms. The zero-order valence-corrected chi connectivity index (χ0v) is 13.6. The van der Waals surface area contributed by atoms with Crippen LogP contribution in [0.2, 0.25) is 0 Å². The van der Waals surface area contributed by atoms with Crippen molar-refractivity contribution in [2.75, 3.05) is 26.0 Å². The van der Waals surface area contributed by atoms with Crippen LogP contribution >= 0.6 is 11.8 Å². The van der Waals surface area contributed by atoms with Crippen molar-refractivity contribution in [3.05, 3.63) is 30.0 Å². The van der Waals surface area contributed by atoms with Gasteiger partial charge in [0.05, 0.1) is 16.4 Å². The number of rotatable bonds is 2. The fourth-order valence-electron chi connectivity index (χ4n) is 3.49. The minimum Gasteiger partial charge on any atom is -0.381 e. The van der Waals surface area contributed by atoms with E-state index in [0.717, 1.165) is 36.2 Å². The summed E-state index contributed by atoms with van der Waals surface area (Å²) in [7, 11) is 3.65. The smallest absolute Gasteiger partial charge is 0.275 e. The van der Waals surface area contributed by atoms with Crippen LogP contribution in [0.5, 0.6) is 0 Å². The van der Waals surface area contributed by atoms with Crippen molar-refractivity contribution in [2.24, 2.45) is 7.05 Å². The van der Waals surface area contributed by atoms with Gasteiger partial charge in [0, 0.05) is 38.4 Å². The molecular formula is C16H19N3O2S. The first-order valence-corrected chi connectivity index (χ1v) is 8.48. The van der Waals surface area contributed by atoms with E-state index in [1.165, 1.54) is 0 Å². The van der Waals surface area contributed by atoms with Gasteiger partial charge in [0.25, 0.3) is 5.91 Å². The second-order valence-electron chi connectivity index (χ2n) is 6.21. The molecule has 22 heavy (non-hydrogen) atoms. The summed E-state index contributed by atoms with van der Waals surface area (Å²) in [6, 6.07) is 7.88. The zero-order chi connectivity index (χ0) is 15.3. The lowest BCUT2D eigenvalue weighted by molar-refractivity contribution is 0.0448. The third-order valence-electron chi connectivity index (χ3n) is 4.71. The Bertz CT molecular complexity index is 736. The third-order valence-corrected chi connectivity index (χ3v) is 6.29. The summed E-state index contributed by atoms with van der Waals surface area (Å²) >= 11 is 1.94. The molecule has 2 aliphatic heterocycles. The summed E-state index contributed by atoms with van der Waals surface area (Å²) in [5.74, 6) is 1.08. The predicted octanol–water partition coefficient (Wildman–Crippen LogP) is 1.92. The topological polar surface area (TPSA) is 47.4 Å². The first-order valence-electron chi connectivity index (χ1n) is 7.50. The van der Waals surface area contributed by atoms with Crippen molar-refractivity contribution in [1.29, 1.82) is 0 Å². The fraction of sp³-hybridized carbons (Fsp3) is 0.500. The van der Waals surface area contributed by atoms with Gasteiger partial charge >= 0.3 is 0 Å². The molecule has 1 aromatic carbocycles. The largest absolute Gasteiger partial charge is 0.381 e. The zero-order valence-electron chi connectivity index (χ0n) is 12.8. The van der Waals surface area contributed by atoms with Gasteiger partial charge < -0.3 is 9.64 Å². The lowest BCUT2D eigenvalue weighted by Crippen LogP contribution is -2.60. The number of hydrogen-bond acceptors (Lipinski definition) is 4. The van der Waals surface area contributed by atoms with Crippen molar-refractivity contribution >= 4 is 28.6 Å². The van der Waals surface area contributed by atoms with Crippen LogP contribution < -0.4 is 0 Å². The van der Waals surface area contributed by atoms with Gasteiger partial charge in [0.2, 0.25) is 0 Å². The molecule has 1 atom stereocenters. The molecular weight excluding hydrogens is 298 g/mol. The van der Waals surface area contributed by atoms with E-state index in [0.29, 0.717) is 11.8 Å². The highest BCUT2D eigenvalue weighted by Crippen LogP contribution is 2.46. The number of hydrogen-bond donors (Lipinski definition) is 0. The lowest BCUT2D eigenvalue weighted by atomic mass is 9.92. The van der Waals surface area contributed by atoms with Crippen LogP contribution in [0.15, 0.2) is 24.3 Å². The number of carbonyl (C=O) groups excluding carboxylic acids is 1. The third kappa shape index (κ3) is 2.05. The SMILES string of the molecule is CO[C@H]1CSC2(C1)CN(C(=O)c1nn(C)c3ccccc13)C2. The maximum Gasteiger partial charge on any atom is 0.275 e. The predicted molar refractivity (Wildman–Crippen MR) is 87.2 cm³/mol. The minimum atomic E-state index is 0.0453. The summed E-state index contributed by atoms with van der Waals surface area (Å²) < 4.78 is 7.43. The van der Waals surface area contributed by atoms with Gasteiger partial charge in [0.15, 0.2) is 5.69 Å². The number of aromatic nitrogens is 2. The molecule has 1 amide bonds. The molecule has 2 saturated heterocycles. The lowest BCUT2D eigenvalue weighted by Gasteiger charge is -2.47. The first-order chi connectivity index (χ1) is 10.6. The second kappa shape index (κ2) is 4.99. The monoisotopic (exact) mass is 317 g/mol. The van der Waals surface area contributed by atoms with Crippen LogP contribution in [0.3, 0.4) is 0 Å². The average Bonchev–Trinajstić information content (AvgIpc) is 3.08. The number of para-hydroxylation sites is 1. The van der Waals surface area contributed by atoms with Crippen LogP contribution in [-0.4, -0.2) is 57.4 Å². The van der Waals surface area contributed by atoms with Crippen molar-refractivity contribution in [2.45, 2.75) is 17.3 Å². The Morgan fingerprint density at radius 2 is 2.18 bits per heavy atom. The number of aryl methyl sites for hydroxylation is 1. The Balaban J connectivity index is 1.54. The molecule has 116 valence electrons. The summed E-state index contributed by atoms with van der Waals surface area (Å²) in [5.41, 5.74) is 1.56. The number of carbonyl (C=O) groups is 1.